The minimum absolute atomic E-state index is 0.0833. The molecule has 5 heteroatoms. The van der Waals surface area contributed by atoms with E-state index in [0.717, 1.165) is 18.1 Å². The number of aliphatic carboxylic acids is 1. The van der Waals surface area contributed by atoms with Gasteiger partial charge in [-0.2, -0.15) is 0 Å². The molecule has 0 aliphatic carbocycles. The lowest BCUT2D eigenvalue weighted by Gasteiger charge is -2.16. The van der Waals surface area contributed by atoms with Crippen LogP contribution in [0.4, 0.5) is 5.69 Å². The summed E-state index contributed by atoms with van der Waals surface area (Å²) in [7, 11) is 0. The van der Waals surface area contributed by atoms with Crippen molar-refractivity contribution in [2.75, 3.05) is 11.9 Å². The van der Waals surface area contributed by atoms with E-state index in [1.165, 1.54) is 6.08 Å². The van der Waals surface area contributed by atoms with Crippen molar-refractivity contribution in [1.82, 2.24) is 0 Å². The van der Waals surface area contributed by atoms with Gasteiger partial charge in [0.15, 0.2) is 0 Å². The molecule has 0 radical (unpaired) electrons. The molecule has 1 amide bonds. The lowest BCUT2D eigenvalue weighted by molar-refractivity contribution is -0.131. The first-order chi connectivity index (χ1) is 9.92. The fourth-order valence-corrected chi connectivity index (χ4v) is 1.97. The van der Waals surface area contributed by atoms with Crippen molar-refractivity contribution in [3.63, 3.8) is 0 Å². The van der Waals surface area contributed by atoms with Gasteiger partial charge < -0.3 is 16.2 Å². The lowest BCUT2D eigenvalue weighted by atomic mass is 9.96. The first-order valence-corrected chi connectivity index (χ1v) is 6.94. The molecule has 5 nitrogen and oxygen atoms in total. The van der Waals surface area contributed by atoms with E-state index in [2.05, 4.69) is 19.2 Å². The molecular weight excluding hydrogens is 268 g/mol. The second kappa shape index (κ2) is 8.21. The Kier molecular flexibility index (Phi) is 6.62. The van der Waals surface area contributed by atoms with Crippen LogP contribution in [0.2, 0.25) is 0 Å². The second-order valence-corrected chi connectivity index (χ2v) is 5.35. The van der Waals surface area contributed by atoms with Crippen LogP contribution in [0.15, 0.2) is 30.3 Å². The van der Waals surface area contributed by atoms with Gasteiger partial charge in [0.1, 0.15) is 0 Å². The number of carboxylic acids is 1. The van der Waals surface area contributed by atoms with E-state index in [1.807, 2.05) is 0 Å². The third kappa shape index (κ3) is 6.23. The number of hydrogen-bond donors (Lipinski definition) is 3. The highest BCUT2D eigenvalue weighted by Crippen LogP contribution is 2.15. The van der Waals surface area contributed by atoms with Crippen LogP contribution in [0.3, 0.4) is 0 Å². The van der Waals surface area contributed by atoms with E-state index in [9.17, 15) is 9.59 Å². The fraction of sp³-hybridized carbons (Fsp3) is 0.375. The van der Waals surface area contributed by atoms with Crippen molar-refractivity contribution in [3.05, 3.63) is 35.9 Å². The average molecular weight is 290 g/mol. The van der Waals surface area contributed by atoms with E-state index >= 15 is 0 Å². The molecule has 0 fully saturated rings. The molecule has 0 aliphatic rings. The van der Waals surface area contributed by atoms with E-state index < -0.39 is 5.97 Å². The van der Waals surface area contributed by atoms with Crippen LogP contribution >= 0.6 is 0 Å². The van der Waals surface area contributed by atoms with Crippen LogP contribution in [0.1, 0.15) is 25.8 Å². The number of carboxylic acid groups (broad SMARTS) is 1. The zero-order valence-corrected chi connectivity index (χ0v) is 12.4. The van der Waals surface area contributed by atoms with Crippen molar-refractivity contribution in [3.8, 4) is 0 Å². The SMILES string of the molecule is CC(C)CC(CN)C(=O)Nc1ccc(/C=C/C(=O)O)cc1. The van der Waals surface area contributed by atoms with E-state index in [1.54, 1.807) is 24.3 Å². The standard InChI is InChI=1S/C16H22N2O3/c1-11(2)9-13(10-17)16(21)18-14-6-3-12(4-7-14)5-8-15(19)20/h3-8,11,13H,9-10,17H2,1-2H3,(H,18,21)(H,19,20)/b8-5+. The van der Waals surface area contributed by atoms with Crippen molar-refractivity contribution >= 4 is 23.6 Å². The Morgan fingerprint density at radius 2 is 1.90 bits per heavy atom. The summed E-state index contributed by atoms with van der Waals surface area (Å²) in [6, 6.07) is 6.97. The van der Waals surface area contributed by atoms with Crippen LogP contribution in [0.5, 0.6) is 0 Å². The quantitative estimate of drug-likeness (QED) is 0.672. The monoisotopic (exact) mass is 290 g/mol. The lowest BCUT2D eigenvalue weighted by Crippen LogP contribution is -2.30. The van der Waals surface area contributed by atoms with E-state index in [0.29, 0.717) is 18.2 Å². The number of nitrogens with one attached hydrogen (secondary N) is 1. The molecule has 1 aromatic rings. The normalized spacial score (nSPS) is 12.6. The maximum Gasteiger partial charge on any atom is 0.328 e. The first kappa shape index (κ1) is 16.9. The third-order valence-electron chi connectivity index (χ3n) is 3.01. The van der Waals surface area contributed by atoms with Crippen LogP contribution < -0.4 is 11.1 Å². The highest BCUT2D eigenvalue weighted by molar-refractivity contribution is 5.93. The van der Waals surface area contributed by atoms with Gasteiger partial charge in [-0.25, -0.2) is 4.79 Å². The number of carbonyl (C=O) groups excluding carboxylic acids is 1. The molecule has 1 rings (SSSR count). The Bertz CT molecular complexity index is 507. The number of amides is 1. The summed E-state index contributed by atoms with van der Waals surface area (Å²) in [6.07, 6.45) is 3.32. The molecule has 0 heterocycles. The molecule has 0 saturated heterocycles. The summed E-state index contributed by atoms with van der Waals surface area (Å²) in [4.78, 5) is 22.5. The number of rotatable bonds is 7. The van der Waals surface area contributed by atoms with E-state index in [-0.39, 0.29) is 11.8 Å². The second-order valence-electron chi connectivity index (χ2n) is 5.35. The van der Waals surface area contributed by atoms with Crippen LogP contribution in [-0.2, 0) is 9.59 Å². The molecule has 1 aromatic carbocycles. The minimum atomic E-state index is -0.994. The maximum absolute atomic E-state index is 12.1. The van der Waals surface area contributed by atoms with Crippen molar-refractivity contribution in [2.24, 2.45) is 17.6 Å². The molecule has 114 valence electrons. The predicted molar refractivity (Wildman–Crippen MR) is 83.7 cm³/mol. The van der Waals surface area contributed by atoms with Crippen molar-refractivity contribution in [1.29, 1.82) is 0 Å². The Hall–Kier alpha value is -2.14. The van der Waals surface area contributed by atoms with Gasteiger partial charge in [0.25, 0.3) is 0 Å². The summed E-state index contributed by atoms with van der Waals surface area (Å²) in [5.74, 6) is -0.865. The summed E-state index contributed by atoms with van der Waals surface area (Å²) in [5, 5.41) is 11.4. The van der Waals surface area contributed by atoms with Crippen LogP contribution in [0, 0.1) is 11.8 Å². The highest BCUT2D eigenvalue weighted by Gasteiger charge is 2.18. The summed E-state index contributed by atoms with van der Waals surface area (Å²) in [5.41, 5.74) is 7.08. The number of benzene rings is 1. The summed E-state index contributed by atoms with van der Waals surface area (Å²) in [6.45, 7) is 4.43. The molecular formula is C16H22N2O3. The third-order valence-corrected chi connectivity index (χ3v) is 3.01. The molecule has 21 heavy (non-hydrogen) atoms. The summed E-state index contributed by atoms with van der Waals surface area (Å²) >= 11 is 0. The maximum atomic E-state index is 12.1. The Morgan fingerprint density at radius 3 is 2.38 bits per heavy atom. The number of nitrogens with two attached hydrogens (primary N) is 1. The zero-order chi connectivity index (χ0) is 15.8. The van der Waals surface area contributed by atoms with Crippen molar-refractivity contribution in [2.45, 2.75) is 20.3 Å². The largest absolute Gasteiger partial charge is 0.478 e. The molecule has 0 spiro atoms. The topological polar surface area (TPSA) is 92.4 Å². The van der Waals surface area contributed by atoms with Gasteiger partial charge >= 0.3 is 5.97 Å². The smallest absolute Gasteiger partial charge is 0.328 e. The van der Waals surface area contributed by atoms with Crippen LogP contribution in [-0.4, -0.2) is 23.5 Å². The zero-order valence-electron chi connectivity index (χ0n) is 12.4. The highest BCUT2D eigenvalue weighted by atomic mass is 16.4. The molecule has 4 N–H and O–H groups in total. The van der Waals surface area contributed by atoms with Gasteiger partial charge in [0.2, 0.25) is 5.91 Å². The van der Waals surface area contributed by atoms with Crippen molar-refractivity contribution < 1.29 is 14.7 Å². The van der Waals surface area contributed by atoms with Gasteiger partial charge in [0, 0.05) is 18.3 Å². The van der Waals surface area contributed by atoms with E-state index in [4.69, 9.17) is 10.8 Å². The minimum Gasteiger partial charge on any atom is -0.478 e. The fourth-order valence-electron chi connectivity index (χ4n) is 1.97. The number of anilines is 1. The Balaban J connectivity index is 2.66. The number of carbonyl (C=O) groups is 2. The van der Waals surface area contributed by atoms with Gasteiger partial charge in [-0.05, 0) is 36.1 Å². The molecule has 0 bridgehead atoms. The van der Waals surface area contributed by atoms with Gasteiger partial charge in [-0.15, -0.1) is 0 Å². The van der Waals surface area contributed by atoms with Gasteiger partial charge in [-0.1, -0.05) is 26.0 Å². The van der Waals surface area contributed by atoms with Gasteiger partial charge in [-0.3, -0.25) is 4.79 Å². The van der Waals surface area contributed by atoms with Gasteiger partial charge in [0.05, 0.1) is 5.92 Å². The average Bonchev–Trinajstić information content (AvgIpc) is 2.43. The molecule has 1 unspecified atom stereocenters. The molecule has 0 aliphatic heterocycles. The number of hydrogen-bond acceptors (Lipinski definition) is 3. The summed E-state index contributed by atoms with van der Waals surface area (Å²) < 4.78 is 0. The molecule has 0 saturated carbocycles. The predicted octanol–water partition coefficient (Wildman–Crippen LogP) is 2.34. The Morgan fingerprint density at radius 1 is 1.29 bits per heavy atom. The van der Waals surface area contributed by atoms with Crippen LogP contribution in [0.25, 0.3) is 6.08 Å². The molecule has 0 aromatic heterocycles. The molecule has 1 atom stereocenters. The first-order valence-electron chi connectivity index (χ1n) is 6.94. The Labute approximate surface area is 124 Å².